The molecule has 1 heterocycles. The van der Waals surface area contributed by atoms with Crippen LogP contribution in [0, 0.1) is 0 Å². The molecule has 0 radical (unpaired) electrons. The molecule has 2 amide bonds. The third kappa shape index (κ3) is 4.59. The van der Waals surface area contributed by atoms with E-state index >= 15 is 0 Å². The number of nitrogens with one attached hydrogen (secondary N) is 1. The lowest BCUT2D eigenvalue weighted by molar-refractivity contribution is -0.138. The van der Waals surface area contributed by atoms with Gasteiger partial charge in [0.2, 0.25) is 0 Å². The molecule has 1 aliphatic heterocycles. The number of carboxylic acid groups (broad SMARTS) is 1. The number of carbonyl (C=O) groups is 2. The SMILES string of the molecule is CC1(C)CC(NC(=O)N(CC(=O)O)C2CCCC2)CCO1. The number of nitrogens with zero attached hydrogens (tertiary/aromatic N) is 1. The Hall–Kier alpha value is -1.30. The van der Waals surface area contributed by atoms with Crippen LogP contribution in [0.15, 0.2) is 0 Å². The number of rotatable bonds is 4. The van der Waals surface area contributed by atoms with Crippen LogP contribution in [-0.4, -0.2) is 52.8 Å². The van der Waals surface area contributed by atoms with E-state index in [9.17, 15) is 9.59 Å². The minimum Gasteiger partial charge on any atom is -0.480 e. The summed E-state index contributed by atoms with van der Waals surface area (Å²) in [7, 11) is 0. The first-order chi connectivity index (χ1) is 9.87. The van der Waals surface area contributed by atoms with E-state index in [1.165, 1.54) is 4.90 Å². The van der Waals surface area contributed by atoms with Gasteiger partial charge in [0.05, 0.1) is 5.60 Å². The van der Waals surface area contributed by atoms with Gasteiger partial charge in [-0.1, -0.05) is 12.8 Å². The van der Waals surface area contributed by atoms with Crippen LogP contribution in [0.4, 0.5) is 4.79 Å². The number of ether oxygens (including phenoxy) is 1. The highest BCUT2D eigenvalue weighted by Crippen LogP contribution is 2.26. The summed E-state index contributed by atoms with van der Waals surface area (Å²) in [5.41, 5.74) is -0.235. The van der Waals surface area contributed by atoms with Crippen LogP contribution in [0.25, 0.3) is 0 Å². The number of hydrogen-bond donors (Lipinski definition) is 2. The third-order valence-corrected chi connectivity index (χ3v) is 4.36. The van der Waals surface area contributed by atoms with E-state index in [2.05, 4.69) is 5.32 Å². The minimum atomic E-state index is -0.954. The first-order valence-corrected chi connectivity index (χ1v) is 7.80. The van der Waals surface area contributed by atoms with Gasteiger partial charge in [-0.25, -0.2) is 4.79 Å². The summed E-state index contributed by atoms with van der Waals surface area (Å²) in [4.78, 5) is 25.0. The van der Waals surface area contributed by atoms with Crippen LogP contribution in [0.3, 0.4) is 0 Å². The van der Waals surface area contributed by atoms with Crippen molar-refractivity contribution in [1.29, 1.82) is 0 Å². The normalized spacial score (nSPS) is 25.5. The maximum atomic E-state index is 12.5. The Morgan fingerprint density at radius 2 is 1.95 bits per heavy atom. The minimum absolute atomic E-state index is 0.0546. The molecule has 0 spiro atoms. The second kappa shape index (κ2) is 6.64. The highest BCUT2D eigenvalue weighted by Gasteiger charge is 2.33. The molecule has 6 nitrogen and oxygen atoms in total. The first kappa shape index (κ1) is 16.1. The Bertz CT molecular complexity index is 391. The molecule has 6 heteroatoms. The van der Waals surface area contributed by atoms with Crippen LogP contribution in [0.5, 0.6) is 0 Å². The number of aliphatic carboxylic acids is 1. The molecule has 2 fully saturated rings. The standard InChI is InChI=1S/C15H26N2O4/c1-15(2)9-11(7-8-21-15)16-14(20)17(10-13(18)19)12-5-3-4-6-12/h11-12H,3-10H2,1-2H3,(H,16,20)(H,18,19). The van der Waals surface area contributed by atoms with Gasteiger partial charge in [0.15, 0.2) is 0 Å². The second-order valence-electron chi connectivity index (χ2n) is 6.71. The number of urea groups is 1. The molecule has 2 aliphatic rings. The molecule has 0 aromatic heterocycles. The molecule has 0 aromatic carbocycles. The molecule has 1 aliphatic carbocycles. The first-order valence-electron chi connectivity index (χ1n) is 7.80. The molecule has 1 unspecified atom stereocenters. The van der Waals surface area contributed by atoms with Crippen molar-refractivity contribution in [3.63, 3.8) is 0 Å². The highest BCUT2D eigenvalue weighted by atomic mass is 16.5. The Kier molecular flexibility index (Phi) is 5.08. The van der Waals surface area contributed by atoms with Gasteiger partial charge in [-0.3, -0.25) is 4.79 Å². The van der Waals surface area contributed by atoms with Crippen molar-refractivity contribution in [2.45, 2.75) is 70.1 Å². The van der Waals surface area contributed by atoms with Crippen molar-refractivity contribution in [2.75, 3.05) is 13.2 Å². The zero-order valence-electron chi connectivity index (χ0n) is 12.9. The fourth-order valence-electron chi connectivity index (χ4n) is 3.34. The summed E-state index contributed by atoms with van der Waals surface area (Å²) in [6, 6.07) is -0.125. The summed E-state index contributed by atoms with van der Waals surface area (Å²) >= 11 is 0. The average Bonchev–Trinajstić information content (AvgIpc) is 2.87. The Labute approximate surface area is 125 Å². The molecule has 1 saturated heterocycles. The molecule has 0 bridgehead atoms. The largest absolute Gasteiger partial charge is 0.480 e. The molecule has 2 N–H and O–H groups in total. The highest BCUT2D eigenvalue weighted by molar-refractivity contribution is 5.80. The summed E-state index contributed by atoms with van der Waals surface area (Å²) < 4.78 is 5.64. The molecule has 0 aromatic rings. The monoisotopic (exact) mass is 298 g/mol. The molecular formula is C15H26N2O4. The third-order valence-electron chi connectivity index (χ3n) is 4.36. The molecule has 1 atom stereocenters. The van der Waals surface area contributed by atoms with Crippen molar-refractivity contribution in [3.05, 3.63) is 0 Å². The quantitative estimate of drug-likeness (QED) is 0.832. The Morgan fingerprint density at radius 3 is 2.52 bits per heavy atom. The predicted molar refractivity (Wildman–Crippen MR) is 78.2 cm³/mol. The van der Waals surface area contributed by atoms with E-state index in [0.29, 0.717) is 6.61 Å². The van der Waals surface area contributed by atoms with Crippen molar-refractivity contribution in [1.82, 2.24) is 10.2 Å². The van der Waals surface area contributed by atoms with Gasteiger partial charge < -0.3 is 20.1 Å². The van der Waals surface area contributed by atoms with E-state index in [0.717, 1.165) is 38.5 Å². The van der Waals surface area contributed by atoms with Crippen LogP contribution in [0.2, 0.25) is 0 Å². The van der Waals surface area contributed by atoms with Crippen LogP contribution in [0.1, 0.15) is 52.4 Å². The van der Waals surface area contributed by atoms with Gasteiger partial charge in [0.25, 0.3) is 0 Å². The van der Waals surface area contributed by atoms with E-state index in [4.69, 9.17) is 9.84 Å². The topological polar surface area (TPSA) is 78.9 Å². The number of carboxylic acids is 1. The van der Waals surface area contributed by atoms with Crippen molar-refractivity contribution in [3.8, 4) is 0 Å². The Balaban J connectivity index is 1.95. The smallest absolute Gasteiger partial charge is 0.323 e. The van der Waals surface area contributed by atoms with Gasteiger partial charge in [-0.15, -0.1) is 0 Å². The second-order valence-corrected chi connectivity index (χ2v) is 6.71. The van der Waals surface area contributed by atoms with Gasteiger partial charge in [-0.2, -0.15) is 0 Å². The number of carbonyl (C=O) groups excluding carboxylic acids is 1. The van der Waals surface area contributed by atoms with Gasteiger partial charge in [0, 0.05) is 18.7 Å². The summed E-state index contributed by atoms with van der Waals surface area (Å²) in [5.74, 6) is -0.954. The van der Waals surface area contributed by atoms with E-state index in [-0.39, 0.29) is 30.3 Å². The number of amides is 2. The van der Waals surface area contributed by atoms with Crippen molar-refractivity contribution in [2.24, 2.45) is 0 Å². The predicted octanol–water partition coefficient (Wildman–Crippen LogP) is 1.98. The molecular weight excluding hydrogens is 272 g/mol. The lowest BCUT2D eigenvalue weighted by atomic mass is 9.94. The maximum absolute atomic E-state index is 12.5. The van der Waals surface area contributed by atoms with Gasteiger partial charge in [0.1, 0.15) is 6.54 Å². The van der Waals surface area contributed by atoms with Gasteiger partial charge in [-0.05, 0) is 39.5 Å². The average molecular weight is 298 g/mol. The lowest BCUT2D eigenvalue weighted by Crippen LogP contribution is -2.53. The molecule has 1 saturated carbocycles. The zero-order chi connectivity index (χ0) is 15.5. The fourth-order valence-corrected chi connectivity index (χ4v) is 3.34. The maximum Gasteiger partial charge on any atom is 0.323 e. The summed E-state index contributed by atoms with van der Waals surface area (Å²) in [6.45, 7) is 4.43. The van der Waals surface area contributed by atoms with Gasteiger partial charge >= 0.3 is 12.0 Å². The lowest BCUT2D eigenvalue weighted by Gasteiger charge is -2.37. The molecule has 2 rings (SSSR count). The van der Waals surface area contributed by atoms with Crippen molar-refractivity contribution >= 4 is 12.0 Å². The van der Waals surface area contributed by atoms with E-state index in [1.807, 2.05) is 13.8 Å². The van der Waals surface area contributed by atoms with Crippen LogP contribution >= 0.6 is 0 Å². The molecule has 21 heavy (non-hydrogen) atoms. The summed E-state index contributed by atoms with van der Waals surface area (Å²) in [6.07, 6.45) is 5.47. The molecule has 120 valence electrons. The Morgan fingerprint density at radius 1 is 1.29 bits per heavy atom. The summed E-state index contributed by atoms with van der Waals surface area (Å²) in [5, 5.41) is 12.0. The van der Waals surface area contributed by atoms with E-state index < -0.39 is 5.97 Å². The number of hydrogen-bond acceptors (Lipinski definition) is 3. The van der Waals surface area contributed by atoms with Crippen molar-refractivity contribution < 1.29 is 19.4 Å². The van der Waals surface area contributed by atoms with E-state index in [1.54, 1.807) is 0 Å². The van der Waals surface area contributed by atoms with Crippen LogP contribution in [-0.2, 0) is 9.53 Å². The van der Waals surface area contributed by atoms with Crippen LogP contribution < -0.4 is 5.32 Å². The fraction of sp³-hybridized carbons (Fsp3) is 0.867. The zero-order valence-corrected chi connectivity index (χ0v) is 12.9.